The molecule has 0 radical (unpaired) electrons. The molecule has 2 fully saturated rings. The first-order chi connectivity index (χ1) is 46.2. The van der Waals surface area contributed by atoms with Crippen molar-refractivity contribution in [1.29, 1.82) is 0 Å². The summed E-state index contributed by atoms with van der Waals surface area (Å²) in [6, 6.07) is 8.75. The monoisotopic (exact) mass is 1370 g/mol. The molecule has 97 heavy (non-hydrogen) atoms. The minimum absolute atomic E-state index is 0.00496. The summed E-state index contributed by atoms with van der Waals surface area (Å²) < 4.78 is 0. The maximum atomic E-state index is 15.3. The second-order valence-electron chi connectivity index (χ2n) is 24.1. The molecule has 1 aliphatic heterocycles. The second-order valence-corrected chi connectivity index (χ2v) is 26.6. The molecule has 2 aliphatic rings. The lowest BCUT2D eigenvalue weighted by Gasteiger charge is -2.28. The predicted molar refractivity (Wildman–Crippen MR) is 363 cm³/mol. The Morgan fingerprint density at radius 2 is 1.21 bits per heavy atom. The van der Waals surface area contributed by atoms with Gasteiger partial charge in [-0.15, -0.1) is 0 Å². The largest absolute Gasteiger partial charge is 0.370 e. The molecule has 33 heteroatoms. The Kier molecular flexibility index (Phi) is 25.0. The van der Waals surface area contributed by atoms with E-state index >= 15 is 9.59 Å². The van der Waals surface area contributed by atoms with E-state index in [0.717, 1.165) is 21.7 Å². The van der Waals surface area contributed by atoms with Crippen LogP contribution in [0.1, 0.15) is 76.3 Å². The van der Waals surface area contributed by atoms with Gasteiger partial charge in [-0.05, 0) is 76.3 Å². The number of Topliss-reactive ketones (excluding diaryl/α,β-unsaturated/α-hetero) is 1. The molecule has 0 spiro atoms. The molecule has 31 nitrogen and oxygen atoms in total. The number of fused-ring (bicyclic) bond motifs is 2. The number of rotatable bonds is 22. The molecule has 1 aliphatic carbocycles. The van der Waals surface area contributed by atoms with Gasteiger partial charge in [-0.1, -0.05) is 88.3 Å². The minimum atomic E-state index is -1.70. The van der Waals surface area contributed by atoms with Crippen LogP contribution >= 0.6 is 21.6 Å². The summed E-state index contributed by atoms with van der Waals surface area (Å²) in [7, 11) is 1.43. The SMILES string of the molecule is C[C@H](N)C(=O)N[C@@H](Cc1c[nH]c2ccccc12)C(=O)N[C@H]1SSC[C@@H](C(=O)N[C@@H](C)C(=O)N[C@@H](C)C(=O)N[C@@]2(C)CC2=O)NC(=O)[C@H](Cc2c[nH]c3ccccc23)NC(=O)[C@H](CCCN=C(N)N)NC(=O)[C@@H](Cc2ccccc2)NC(=O)[C@H](Cc2cnc[nH]2)NC(=O)[C@H](C)NC1=O. The number of carbonyl (C=O) groups excluding carboxylic acids is 12. The molecule has 0 unspecified atom stereocenters. The van der Waals surface area contributed by atoms with Gasteiger partial charge in [0.2, 0.25) is 59.1 Å². The van der Waals surface area contributed by atoms with Crippen molar-refractivity contribution in [3.05, 3.63) is 126 Å². The molecule has 8 rings (SSSR count). The Morgan fingerprint density at radius 1 is 0.639 bits per heavy atom. The number of carbonyl (C=O) groups is 12. The number of ketones is 1. The van der Waals surface area contributed by atoms with E-state index in [-0.39, 0.29) is 63.2 Å². The van der Waals surface area contributed by atoms with Gasteiger partial charge in [0.1, 0.15) is 59.9 Å². The van der Waals surface area contributed by atoms with Crippen LogP contribution in [0.25, 0.3) is 21.8 Å². The summed E-state index contributed by atoms with van der Waals surface area (Å²) in [5.74, 6) is -10.6. The van der Waals surface area contributed by atoms with Crippen LogP contribution in [0.2, 0.25) is 0 Å². The summed E-state index contributed by atoms with van der Waals surface area (Å²) in [5.41, 5.74) is 19.7. The molecule has 11 amide bonds. The third-order valence-corrected chi connectivity index (χ3v) is 18.7. The van der Waals surface area contributed by atoms with E-state index in [2.05, 4.69) is 83.4 Å². The van der Waals surface area contributed by atoms with Gasteiger partial charge in [0, 0.05) is 90.5 Å². The van der Waals surface area contributed by atoms with Crippen LogP contribution in [0.3, 0.4) is 0 Å². The quantitative estimate of drug-likeness (QED) is 0.0154. The number of aromatic nitrogens is 4. The number of H-pyrrole nitrogens is 3. The first-order valence-corrected chi connectivity index (χ1v) is 33.7. The van der Waals surface area contributed by atoms with Gasteiger partial charge in [-0.2, -0.15) is 0 Å². The van der Waals surface area contributed by atoms with Gasteiger partial charge in [-0.3, -0.25) is 62.5 Å². The van der Waals surface area contributed by atoms with E-state index in [1.165, 1.54) is 40.2 Å². The van der Waals surface area contributed by atoms with Crippen molar-refractivity contribution >= 4 is 120 Å². The first-order valence-electron chi connectivity index (χ1n) is 31.3. The molecule has 3 aromatic heterocycles. The highest BCUT2D eigenvalue weighted by atomic mass is 33.1. The topological polar surface area (TPSA) is 488 Å². The van der Waals surface area contributed by atoms with Crippen molar-refractivity contribution < 1.29 is 57.5 Å². The molecule has 516 valence electrons. The molecule has 1 saturated heterocycles. The average molecular weight is 1370 g/mol. The van der Waals surface area contributed by atoms with Gasteiger partial charge >= 0.3 is 0 Å². The zero-order chi connectivity index (χ0) is 70.1. The fraction of sp³-hybridized carbons (Fsp3) is 0.406. The fourth-order valence-corrected chi connectivity index (χ4v) is 12.8. The summed E-state index contributed by atoms with van der Waals surface area (Å²) in [6.07, 6.45) is 5.40. The Morgan fingerprint density at radius 3 is 1.84 bits per heavy atom. The number of nitrogens with one attached hydrogen (secondary N) is 14. The third-order valence-electron chi connectivity index (χ3n) is 16.2. The number of nitrogens with zero attached hydrogens (tertiary/aromatic N) is 2. The van der Waals surface area contributed by atoms with Gasteiger partial charge in [0.25, 0.3) is 5.91 Å². The van der Waals surface area contributed by atoms with Crippen LogP contribution in [-0.2, 0) is 83.2 Å². The number of hydrogen-bond acceptors (Lipinski definition) is 17. The molecule has 0 bridgehead atoms. The number of para-hydroxylation sites is 2. The van der Waals surface area contributed by atoms with Crippen LogP contribution < -0.4 is 75.7 Å². The zero-order valence-electron chi connectivity index (χ0n) is 53.9. The molecule has 12 atom stereocenters. The number of aliphatic imine (C=N–C) groups is 1. The maximum absolute atomic E-state index is 15.3. The van der Waals surface area contributed by atoms with Crippen molar-refractivity contribution in [2.45, 2.75) is 151 Å². The summed E-state index contributed by atoms with van der Waals surface area (Å²) in [4.78, 5) is 188. The summed E-state index contributed by atoms with van der Waals surface area (Å²) in [6.45, 7) is 6.94. The lowest BCUT2D eigenvalue weighted by molar-refractivity contribution is -0.135. The highest BCUT2D eigenvalue weighted by molar-refractivity contribution is 8.77. The number of hydrogen-bond donors (Lipinski definition) is 17. The van der Waals surface area contributed by atoms with E-state index in [0.29, 0.717) is 44.1 Å². The lowest BCUT2D eigenvalue weighted by Crippen LogP contribution is -2.61. The summed E-state index contributed by atoms with van der Waals surface area (Å²) in [5, 5.41) is 29.0. The van der Waals surface area contributed by atoms with Crippen molar-refractivity contribution in [2.75, 3.05) is 12.3 Å². The number of amides is 11. The second kappa shape index (κ2) is 33.4. The number of guanidine groups is 1. The lowest BCUT2D eigenvalue weighted by atomic mass is 10.0. The molecule has 4 heterocycles. The Labute approximate surface area is 565 Å². The number of nitrogens with two attached hydrogens (primary N) is 3. The Hall–Kier alpha value is -10.3. The average Bonchev–Trinajstić information content (AvgIpc) is 1.60. The highest BCUT2D eigenvalue weighted by Gasteiger charge is 2.51. The van der Waals surface area contributed by atoms with E-state index in [9.17, 15) is 47.9 Å². The Balaban J connectivity index is 1.18. The van der Waals surface area contributed by atoms with Crippen LogP contribution in [-0.4, -0.2) is 180 Å². The van der Waals surface area contributed by atoms with E-state index in [4.69, 9.17) is 17.2 Å². The smallest absolute Gasteiger partial charge is 0.254 e. The van der Waals surface area contributed by atoms with Gasteiger partial charge in [0.05, 0.1) is 12.4 Å². The first kappa shape index (κ1) is 72.5. The molecule has 1 saturated carbocycles. The normalized spacial score (nSPS) is 22.7. The zero-order valence-corrected chi connectivity index (χ0v) is 55.5. The van der Waals surface area contributed by atoms with Crippen LogP contribution in [0.15, 0.2) is 109 Å². The van der Waals surface area contributed by atoms with Crippen molar-refractivity contribution in [3.8, 4) is 0 Å². The molecule has 3 aromatic carbocycles. The van der Waals surface area contributed by atoms with Gasteiger partial charge in [0.15, 0.2) is 17.1 Å². The van der Waals surface area contributed by atoms with Crippen molar-refractivity contribution in [3.63, 3.8) is 0 Å². The van der Waals surface area contributed by atoms with E-state index in [1.807, 2.05) is 12.1 Å². The van der Waals surface area contributed by atoms with Crippen LogP contribution in [0, 0.1) is 0 Å². The molecule has 20 N–H and O–H groups in total. The molecule has 6 aromatic rings. The highest BCUT2D eigenvalue weighted by Crippen LogP contribution is 2.30. The predicted octanol–water partition coefficient (Wildman–Crippen LogP) is -1.85. The number of imidazole rings is 1. The van der Waals surface area contributed by atoms with Crippen molar-refractivity contribution in [1.82, 2.24) is 78.4 Å². The third kappa shape index (κ3) is 20.4. The minimum Gasteiger partial charge on any atom is -0.370 e. The Bertz CT molecular complexity index is 3900. The van der Waals surface area contributed by atoms with E-state index in [1.54, 1.807) is 86.0 Å². The van der Waals surface area contributed by atoms with Crippen LogP contribution in [0.5, 0.6) is 0 Å². The number of benzene rings is 3. The van der Waals surface area contributed by atoms with Gasteiger partial charge in [-0.25, -0.2) is 4.98 Å². The number of aromatic amines is 3. The van der Waals surface area contributed by atoms with Crippen LogP contribution in [0.4, 0.5) is 0 Å². The summed E-state index contributed by atoms with van der Waals surface area (Å²) >= 11 is 0. The van der Waals surface area contributed by atoms with Crippen molar-refractivity contribution in [2.24, 2.45) is 22.2 Å². The maximum Gasteiger partial charge on any atom is 0.254 e. The fourth-order valence-electron chi connectivity index (χ4n) is 10.4. The van der Waals surface area contributed by atoms with Gasteiger partial charge < -0.3 is 90.6 Å². The molecular formula is C64H81N19O12S2. The standard InChI is InChI=1S/C64H81N19O12S2/c1-32(65)51(85)77-47(24-38-28-71-43-19-12-10-17-41(38)43)59(93)82-62-61(95)75-34(3)53(87)78-48(25-39-29-68-31-72-39)58(92)79-45(22-36-14-7-6-8-15-36)56(90)76-44(20-13-21-69-63(66)67)55(89)80-46(23-37-27-70-42-18-11-9-16-40(37)42)57(91)81-49(30-96-97-62)60(94)74-33(2)52(86)73-35(4)54(88)83-64(5)26-50(64)84/h6-12,14-19,27-29,31-35,44-49,62,70-71H,13,20-26,30,65H2,1-5H3,(H,68,72)(H,73,86)(H,74,94)(H,75,95)(H,76,90)(H,77,85)(H,78,87)(H,79,92)(H,80,89)(H,81,91)(H,82,93)(H,83,88)(H4,66,67,69)/t32-,33-,34-,35-,44-,45+,46-,47-,48-,49-,62-,64-/m0/s1. The molecular weight excluding hydrogens is 1290 g/mol. The van der Waals surface area contributed by atoms with E-state index < -0.39 is 142 Å².